The Morgan fingerprint density at radius 2 is 1.06 bits per heavy atom. The molecule has 158 valence electrons. The van der Waals surface area contributed by atoms with Crippen molar-refractivity contribution >= 4 is 23.2 Å². The normalized spacial score (nSPS) is 10.4. The first kappa shape index (κ1) is 20.9. The van der Waals surface area contributed by atoms with Gasteiger partial charge >= 0.3 is 0 Å². The molecule has 0 unspecified atom stereocenters. The van der Waals surface area contributed by atoms with Gasteiger partial charge < -0.3 is 10.6 Å². The van der Waals surface area contributed by atoms with E-state index in [1.165, 1.54) is 0 Å². The summed E-state index contributed by atoms with van der Waals surface area (Å²) in [5, 5.41) is 5.78. The van der Waals surface area contributed by atoms with E-state index in [-0.39, 0.29) is 11.8 Å². The van der Waals surface area contributed by atoms with Crippen LogP contribution in [0.2, 0.25) is 0 Å². The molecule has 0 aliphatic heterocycles. The Balaban J connectivity index is 1.37. The quantitative estimate of drug-likeness (QED) is 0.449. The van der Waals surface area contributed by atoms with Gasteiger partial charge in [0.2, 0.25) is 0 Å². The molecule has 32 heavy (non-hydrogen) atoms. The van der Waals surface area contributed by atoms with Crippen LogP contribution >= 0.6 is 0 Å². The lowest BCUT2D eigenvalue weighted by Crippen LogP contribution is -2.13. The Morgan fingerprint density at radius 3 is 1.47 bits per heavy atom. The molecule has 2 amide bonds. The molecule has 4 rings (SSSR count). The number of hydrogen-bond acceptors (Lipinski definition) is 4. The molecule has 0 aliphatic rings. The smallest absolute Gasteiger partial charge is 0.274 e. The maximum Gasteiger partial charge on any atom is 0.274 e. The van der Waals surface area contributed by atoms with Gasteiger partial charge in [-0.25, -0.2) is 0 Å². The Morgan fingerprint density at radius 1 is 0.594 bits per heavy atom. The van der Waals surface area contributed by atoms with E-state index in [4.69, 9.17) is 0 Å². The van der Waals surface area contributed by atoms with Gasteiger partial charge in [-0.2, -0.15) is 0 Å². The Hall–Kier alpha value is -4.32. The van der Waals surface area contributed by atoms with Crippen molar-refractivity contribution in [2.24, 2.45) is 0 Å². The summed E-state index contributed by atoms with van der Waals surface area (Å²) >= 11 is 0. The van der Waals surface area contributed by atoms with Gasteiger partial charge in [-0.3, -0.25) is 19.6 Å². The number of pyridine rings is 2. The molecule has 2 heterocycles. The Labute approximate surface area is 186 Å². The second-order valence-electron chi connectivity index (χ2n) is 7.24. The number of carbonyl (C=O) groups excluding carboxylic acids is 2. The first-order valence-corrected chi connectivity index (χ1v) is 10.3. The van der Waals surface area contributed by atoms with Gasteiger partial charge in [0.05, 0.1) is 0 Å². The van der Waals surface area contributed by atoms with Gasteiger partial charge in [-0.05, 0) is 72.5 Å². The molecule has 0 radical (unpaired) electrons. The van der Waals surface area contributed by atoms with Crippen molar-refractivity contribution < 1.29 is 9.59 Å². The van der Waals surface area contributed by atoms with Crippen molar-refractivity contribution in [3.63, 3.8) is 0 Å². The third-order valence-corrected chi connectivity index (χ3v) is 4.87. The second-order valence-corrected chi connectivity index (χ2v) is 7.24. The monoisotopic (exact) mass is 422 g/mol. The zero-order valence-corrected chi connectivity index (χ0v) is 17.4. The molecule has 2 aromatic carbocycles. The first-order valence-electron chi connectivity index (χ1n) is 10.3. The Kier molecular flexibility index (Phi) is 6.63. The van der Waals surface area contributed by atoms with Crippen LogP contribution in [-0.4, -0.2) is 21.8 Å². The minimum absolute atomic E-state index is 0.237. The Bertz CT molecular complexity index is 1110. The van der Waals surface area contributed by atoms with Gasteiger partial charge in [0.15, 0.2) is 0 Å². The van der Waals surface area contributed by atoms with E-state index in [1.807, 2.05) is 48.5 Å². The minimum atomic E-state index is -0.237. The van der Waals surface area contributed by atoms with Crippen LogP contribution in [0.1, 0.15) is 32.1 Å². The van der Waals surface area contributed by atoms with Gasteiger partial charge in [-0.1, -0.05) is 36.4 Å². The van der Waals surface area contributed by atoms with Crippen LogP contribution in [0.5, 0.6) is 0 Å². The molecule has 0 fully saturated rings. The zero-order chi connectivity index (χ0) is 22.2. The van der Waals surface area contributed by atoms with E-state index in [2.05, 4.69) is 20.6 Å². The summed E-state index contributed by atoms with van der Waals surface area (Å²) < 4.78 is 0. The molecule has 2 aromatic heterocycles. The van der Waals surface area contributed by atoms with E-state index in [1.54, 1.807) is 48.8 Å². The van der Waals surface area contributed by atoms with Crippen molar-refractivity contribution in [1.29, 1.82) is 0 Å². The van der Waals surface area contributed by atoms with Crippen LogP contribution in [0.4, 0.5) is 11.4 Å². The highest BCUT2D eigenvalue weighted by Crippen LogP contribution is 2.17. The van der Waals surface area contributed by atoms with E-state index < -0.39 is 0 Å². The number of hydrogen-bond donors (Lipinski definition) is 2. The summed E-state index contributed by atoms with van der Waals surface area (Å²) in [7, 11) is 0. The summed E-state index contributed by atoms with van der Waals surface area (Å²) in [5.41, 5.74) is 4.42. The number of benzene rings is 2. The van der Waals surface area contributed by atoms with Crippen molar-refractivity contribution in [3.8, 4) is 0 Å². The molecule has 6 heteroatoms. The summed E-state index contributed by atoms with van der Waals surface area (Å²) in [4.78, 5) is 32.8. The molecular formula is C26H22N4O2. The van der Waals surface area contributed by atoms with Crippen LogP contribution in [-0.2, 0) is 12.8 Å². The molecule has 0 bridgehead atoms. The van der Waals surface area contributed by atoms with Crippen LogP contribution < -0.4 is 10.6 Å². The van der Waals surface area contributed by atoms with Gasteiger partial charge in [0.25, 0.3) is 11.8 Å². The van der Waals surface area contributed by atoms with Gasteiger partial charge in [-0.15, -0.1) is 0 Å². The number of rotatable bonds is 7. The predicted molar refractivity (Wildman–Crippen MR) is 125 cm³/mol. The number of anilines is 2. The number of nitrogens with one attached hydrogen (secondary N) is 2. The van der Waals surface area contributed by atoms with Gasteiger partial charge in [0.1, 0.15) is 11.4 Å². The molecule has 2 N–H and O–H groups in total. The fourth-order valence-electron chi connectivity index (χ4n) is 3.28. The second kappa shape index (κ2) is 10.1. The summed E-state index contributed by atoms with van der Waals surface area (Å²) in [6, 6.07) is 26.0. The lowest BCUT2D eigenvalue weighted by molar-refractivity contribution is 0.101. The highest BCUT2D eigenvalue weighted by molar-refractivity contribution is 6.03. The molecular weight excluding hydrogens is 400 g/mol. The number of nitrogens with zero attached hydrogens (tertiary/aromatic N) is 2. The molecule has 0 atom stereocenters. The van der Waals surface area contributed by atoms with Gasteiger partial charge in [0, 0.05) is 23.8 Å². The number of carbonyl (C=O) groups is 2. The lowest BCUT2D eigenvalue weighted by atomic mass is 10.0. The van der Waals surface area contributed by atoms with Crippen molar-refractivity contribution in [1.82, 2.24) is 9.97 Å². The molecule has 0 spiro atoms. The van der Waals surface area contributed by atoms with E-state index in [0.29, 0.717) is 11.4 Å². The summed E-state index contributed by atoms with van der Waals surface area (Å²) in [6.45, 7) is 0. The van der Waals surface area contributed by atoms with Crippen molar-refractivity contribution in [3.05, 3.63) is 120 Å². The largest absolute Gasteiger partial charge is 0.321 e. The zero-order valence-electron chi connectivity index (χ0n) is 17.4. The summed E-state index contributed by atoms with van der Waals surface area (Å²) in [5.74, 6) is -0.474. The third kappa shape index (κ3) is 5.64. The minimum Gasteiger partial charge on any atom is -0.321 e. The molecule has 6 nitrogen and oxygen atoms in total. The number of aromatic nitrogens is 2. The van der Waals surface area contributed by atoms with Crippen molar-refractivity contribution in [2.45, 2.75) is 12.8 Å². The highest BCUT2D eigenvalue weighted by atomic mass is 16.2. The first-order chi connectivity index (χ1) is 15.7. The predicted octanol–water partition coefficient (Wildman–Crippen LogP) is 4.77. The molecule has 4 aromatic rings. The van der Waals surface area contributed by atoms with Crippen LogP contribution in [0.15, 0.2) is 97.3 Å². The van der Waals surface area contributed by atoms with E-state index in [0.717, 1.165) is 35.3 Å². The fraction of sp³-hybridized carbons (Fsp3) is 0.0769. The van der Waals surface area contributed by atoms with Crippen molar-refractivity contribution in [2.75, 3.05) is 10.6 Å². The average molecular weight is 422 g/mol. The molecule has 0 aliphatic carbocycles. The fourth-order valence-corrected chi connectivity index (χ4v) is 3.28. The van der Waals surface area contributed by atoms with Crippen LogP contribution in [0.25, 0.3) is 0 Å². The highest BCUT2D eigenvalue weighted by Gasteiger charge is 2.08. The maximum atomic E-state index is 12.3. The standard InChI is InChI=1S/C26H22N4O2/c31-25(23-11-1-3-15-27-23)29-21-9-5-7-19(17-21)13-14-20-8-6-10-22(18-20)30-26(32)24-12-2-4-16-28-24/h1-12,15-18H,13-14H2,(H,29,31)(H,30,32). The topological polar surface area (TPSA) is 84.0 Å². The van der Waals surface area contributed by atoms with E-state index in [9.17, 15) is 9.59 Å². The molecule has 0 saturated heterocycles. The SMILES string of the molecule is O=C(Nc1cccc(CCc2cccc(NC(=O)c3ccccn3)c2)c1)c1ccccn1. The summed E-state index contributed by atoms with van der Waals surface area (Å²) in [6.07, 6.45) is 4.78. The number of aryl methyl sites for hydroxylation is 2. The lowest BCUT2D eigenvalue weighted by Gasteiger charge is -2.09. The maximum absolute atomic E-state index is 12.3. The van der Waals surface area contributed by atoms with Crippen LogP contribution in [0, 0.1) is 0 Å². The average Bonchev–Trinajstić information content (AvgIpc) is 2.84. The molecule has 0 saturated carbocycles. The third-order valence-electron chi connectivity index (χ3n) is 4.87. The van der Waals surface area contributed by atoms with E-state index >= 15 is 0 Å². The number of amides is 2. The van der Waals surface area contributed by atoms with Crippen LogP contribution in [0.3, 0.4) is 0 Å².